The number of carbonyl (C=O) groups is 9. The fourth-order valence-electron chi connectivity index (χ4n) is 8.72. The summed E-state index contributed by atoms with van der Waals surface area (Å²) in [6.07, 6.45) is 8.58. The fraction of sp³-hybridized carbons (Fsp3) is 0.500. The number of para-hydroxylation sites is 1. The number of carbonyl (C=O) groups excluding carboxylic acids is 9. The van der Waals surface area contributed by atoms with Gasteiger partial charge in [-0.2, -0.15) is 0 Å². The molecule has 9 amide bonds. The van der Waals surface area contributed by atoms with Crippen LogP contribution in [0.5, 0.6) is 0 Å². The fourth-order valence-corrected chi connectivity index (χ4v) is 8.72. The molecule has 1 aliphatic carbocycles. The van der Waals surface area contributed by atoms with Crippen molar-refractivity contribution in [3.05, 3.63) is 90.5 Å². The van der Waals surface area contributed by atoms with Gasteiger partial charge >= 0.3 is 6.03 Å². The molecule has 5 rings (SSSR count). The molecule has 0 bridgehead atoms. The molecule has 1 aliphatic heterocycles. The Bertz CT molecular complexity index is 2320. The Morgan fingerprint density at radius 1 is 0.786 bits per heavy atom. The van der Waals surface area contributed by atoms with Crippen molar-refractivity contribution in [1.82, 2.24) is 51.3 Å². The number of likely N-dealkylation sites (N-methyl/N-ethyl adjacent to an activating group) is 2. The third kappa shape index (κ3) is 14.4. The van der Waals surface area contributed by atoms with Crippen molar-refractivity contribution >= 4 is 58.9 Å². The smallest absolute Gasteiger partial charge is 0.321 e. The lowest BCUT2D eigenvalue weighted by atomic mass is 9.82. The van der Waals surface area contributed by atoms with E-state index in [0.717, 1.165) is 19.3 Å². The Hall–Kier alpha value is -7.25. The normalized spacial score (nSPS) is 17.6. The number of nitrogens with zero attached hydrogens (tertiary/aromatic N) is 5. The van der Waals surface area contributed by atoms with Crippen molar-refractivity contribution in [1.29, 1.82) is 0 Å². The number of anilines is 1. The highest BCUT2D eigenvalue weighted by Gasteiger charge is 2.47. The van der Waals surface area contributed by atoms with Crippen molar-refractivity contribution in [2.45, 2.75) is 103 Å². The van der Waals surface area contributed by atoms with Gasteiger partial charge in [-0.1, -0.05) is 102 Å². The molecular formula is C50H67N11O9. The summed E-state index contributed by atoms with van der Waals surface area (Å²) in [5, 5.41) is 16.2. The van der Waals surface area contributed by atoms with E-state index in [1.54, 1.807) is 88.4 Å². The standard InChI is InChI=1S/C50H67N11O9/c1-8-18-35(41(63)46(67)53-28-38(62)56-40(47(68)59(5)6)32-21-14-10-15-22-32)55-43(64)34-29-61(49(70)54-33-23-16-11-17-24-33)30-37(34)60(7)48(69)42(50(2,3)4)58-45(66)39(31-19-12-9-13-20-31)57-44(65)36-27-51-25-26-52-36/h10-11,14-17,21-27,31,34-35,37,39-40,42H,8-9,12-13,18-20,28-30H2,1-7H3,(H,53,67)(H,54,70)(H,55,64)(H,56,62)(H,57,65)(H,58,66)/t34-,35?,37+,39?,40?,42?/m1/s1. The molecule has 20 nitrogen and oxygen atoms in total. The van der Waals surface area contributed by atoms with Gasteiger partial charge in [-0.3, -0.25) is 43.3 Å². The van der Waals surface area contributed by atoms with Gasteiger partial charge in [0.2, 0.25) is 35.3 Å². The third-order valence-electron chi connectivity index (χ3n) is 12.6. The lowest BCUT2D eigenvalue weighted by Crippen LogP contribution is -2.61. The van der Waals surface area contributed by atoms with Crippen LogP contribution in [0.3, 0.4) is 0 Å². The first-order valence-electron chi connectivity index (χ1n) is 23.7. The van der Waals surface area contributed by atoms with Crippen LogP contribution in [0.1, 0.15) is 94.7 Å². The molecule has 1 saturated heterocycles. The second-order valence-electron chi connectivity index (χ2n) is 19.1. The average molecular weight is 966 g/mol. The molecule has 6 N–H and O–H groups in total. The van der Waals surface area contributed by atoms with Crippen LogP contribution in [0, 0.1) is 17.3 Å². The number of benzene rings is 2. The predicted octanol–water partition coefficient (Wildman–Crippen LogP) is 2.59. The van der Waals surface area contributed by atoms with Gasteiger partial charge in [0.1, 0.15) is 23.8 Å². The Morgan fingerprint density at radius 2 is 1.44 bits per heavy atom. The van der Waals surface area contributed by atoms with Crippen LogP contribution in [0.2, 0.25) is 0 Å². The van der Waals surface area contributed by atoms with E-state index in [0.29, 0.717) is 30.5 Å². The van der Waals surface area contributed by atoms with E-state index < -0.39 is 101 Å². The molecule has 2 aromatic carbocycles. The number of urea groups is 1. The van der Waals surface area contributed by atoms with Crippen molar-refractivity contribution in [3.8, 4) is 0 Å². The summed E-state index contributed by atoms with van der Waals surface area (Å²) in [5.41, 5.74) is 0.132. The molecule has 0 radical (unpaired) electrons. The maximum absolute atomic E-state index is 14.9. The molecule has 70 heavy (non-hydrogen) atoms. The first-order valence-corrected chi connectivity index (χ1v) is 23.7. The number of hydrogen-bond donors (Lipinski definition) is 6. The Morgan fingerprint density at radius 3 is 2.04 bits per heavy atom. The van der Waals surface area contributed by atoms with E-state index >= 15 is 0 Å². The number of amides is 9. The largest absolute Gasteiger partial charge is 0.347 e. The summed E-state index contributed by atoms with van der Waals surface area (Å²) >= 11 is 0. The van der Waals surface area contributed by atoms with Crippen molar-refractivity contribution < 1.29 is 43.2 Å². The second-order valence-corrected chi connectivity index (χ2v) is 19.1. The molecule has 4 unspecified atom stereocenters. The molecule has 6 atom stereocenters. The molecule has 2 fully saturated rings. The number of ketones is 1. The molecule has 376 valence electrons. The number of aromatic nitrogens is 2. The van der Waals surface area contributed by atoms with Crippen molar-refractivity contribution in [2.24, 2.45) is 17.3 Å². The van der Waals surface area contributed by atoms with Gasteiger partial charge in [-0.25, -0.2) is 9.78 Å². The van der Waals surface area contributed by atoms with Crippen LogP contribution in [0.25, 0.3) is 0 Å². The highest BCUT2D eigenvalue weighted by atomic mass is 16.2. The molecule has 1 saturated carbocycles. The lowest BCUT2D eigenvalue weighted by Gasteiger charge is -2.38. The van der Waals surface area contributed by atoms with Crippen LogP contribution in [-0.4, -0.2) is 143 Å². The SMILES string of the molecule is CCCC(NC(=O)[C@@H]1CN(C(=O)Nc2ccccc2)C[C@@H]1N(C)C(=O)C(NC(=O)C(NC(=O)c1cnccn1)C1CCCCC1)C(C)(C)C)C(=O)C(=O)NCC(=O)NC(C(=O)N(C)C)c1ccccc1. The lowest BCUT2D eigenvalue weighted by molar-refractivity contribution is -0.143. The van der Waals surface area contributed by atoms with Gasteiger partial charge in [0.25, 0.3) is 11.8 Å². The summed E-state index contributed by atoms with van der Waals surface area (Å²) < 4.78 is 0. The van der Waals surface area contributed by atoms with E-state index in [1.165, 1.54) is 54.4 Å². The van der Waals surface area contributed by atoms with Gasteiger partial charge in [0.05, 0.1) is 30.7 Å². The van der Waals surface area contributed by atoms with E-state index in [-0.39, 0.29) is 31.1 Å². The van der Waals surface area contributed by atoms with Gasteiger partial charge in [-0.15, -0.1) is 0 Å². The zero-order valence-corrected chi connectivity index (χ0v) is 41.0. The summed E-state index contributed by atoms with van der Waals surface area (Å²) in [6.45, 7) is 6.12. The monoisotopic (exact) mass is 966 g/mol. The van der Waals surface area contributed by atoms with E-state index in [9.17, 15) is 43.2 Å². The molecule has 2 aliphatic rings. The molecule has 2 heterocycles. The van der Waals surface area contributed by atoms with Gasteiger partial charge in [0, 0.05) is 52.3 Å². The molecule has 0 spiro atoms. The number of rotatable bonds is 19. The number of Topliss-reactive ketones (excluding diaryl/α,β-unsaturated/α-hetero) is 1. The van der Waals surface area contributed by atoms with E-state index in [2.05, 4.69) is 41.9 Å². The van der Waals surface area contributed by atoms with Crippen LogP contribution in [-0.2, 0) is 33.6 Å². The van der Waals surface area contributed by atoms with E-state index in [4.69, 9.17) is 0 Å². The third-order valence-corrected chi connectivity index (χ3v) is 12.6. The van der Waals surface area contributed by atoms with Crippen LogP contribution in [0.15, 0.2) is 79.3 Å². The number of hydrogen-bond acceptors (Lipinski definition) is 11. The summed E-state index contributed by atoms with van der Waals surface area (Å²) in [7, 11) is 4.56. The summed E-state index contributed by atoms with van der Waals surface area (Å²) in [4.78, 5) is 136. The minimum absolute atomic E-state index is 0.0312. The first-order chi connectivity index (χ1) is 33.3. The second kappa shape index (κ2) is 24.9. The van der Waals surface area contributed by atoms with Crippen molar-refractivity contribution in [3.63, 3.8) is 0 Å². The maximum Gasteiger partial charge on any atom is 0.321 e. The average Bonchev–Trinajstić information content (AvgIpc) is 3.81. The Labute approximate surface area is 408 Å². The highest BCUT2D eigenvalue weighted by Crippen LogP contribution is 2.30. The number of nitrogens with one attached hydrogen (secondary N) is 6. The van der Waals surface area contributed by atoms with Gasteiger partial charge < -0.3 is 46.6 Å². The van der Waals surface area contributed by atoms with Gasteiger partial charge in [-0.05, 0) is 48.3 Å². The highest BCUT2D eigenvalue weighted by molar-refractivity contribution is 6.38. The zero-order valence-electron chi connectivity index (χ0n) is 41.0. The molecule has 3 aromatic rings. The minimum Gasteiger partial charge on any atom is -0.347 e. The van der Waals surface area contributed by atoms with E-state index in [1.807, 2.05) is 0 Å². The summed E-state index contributed by atoms with van der Waals surface area (Å²) in [6, 6.07) is 11.1. The zero-order chi connectivity index (χ0) is 51.1. The number of likely N-dealkylation sites (tertiary alicyclic amines) is 1. The molecular weight excluding hydrogens is 899 g/mol. The molecule has 1 aromatic heterocycles. The summed E-state index contributed by atoms with van der Waals surface area (Å²) in [5.74, 6) is -7.11. The van der Waals surface area contributed by atoms with Crippen LogP contribution >= 0.6 is 0 Å². The van der Waals surface area contributed by atoms with Gasteiger partial charge in [0.15, 0.2) is 0 Å². The maximum atomic E-state index is 14.9. The molecule has 20 heteroatoms. The quantitative estimate of drug-likeness (QED) is 0.0952. The topological polar surface area (TPSA) is 261 Å². The predicted molar refractivity (Wildman–Crippen MR) is 259 cm³/mol. The Kier molecular flexibility index (Phi) is 19.1. The minimum atomic E-state index is -1.35. The Balaban J connectivity index is 1.34. The first kappa shape index (κ1) is 53.7. The van der Waals surface area contributed by atoms with Crippen LogP contribution in [0.4, 0.5) is 10.5 Å². The van der Waals surface area contributed by atoms with Crippen LogP contribution < -0.4 is 31.9 Å². The van der Waals surface area contributed by atoms with Crippen molar-refractivity contribution in [2.75, 3.05) is 46.1 Å².